The zero-order valence-electron chi connectivity index (χ0n) is 16.1. The Labute approximate surface area is 172 Å². The minimum atomic E-state index is -0.208. The standard InChI is InChI=1S/C22H20N4O2S/c1-14-20(29-22(24-14)15-7-4-3-5-8-15)13-23-21(27)19-12-18(25-26-19)16-9-6-10-17(11-16)28-2/h3-12H,13H2,1-2H3,(H,23,27)(H,25,26). The third-order valence-corrected chi connectivity index (χ3v) is 5.72. The Bertz CT molecular complexity index is 1130. The minimum Gasteiger partial charge on any atom is -0.497 e. The zero-order valence-corrected chi connectivity index (χ0v) is 16.9. The summed E-state index contributed by atoms with van der Waals surface area (Å²) in [6.07, 6.45) is 0. The van der Waals surface area contributed by atoms with E-state index < -0.39 is 0 Å². The van der Waals surface area contributed by atoms with E-state index in [-0.39, 0.29) is 5.91 Å². The summed E-state index contributed by atoms with van der Waals surface area (Å²) in [5.41, 5.74) is 3.98. The molecule has 0 fully saturated rings. The molecule has 0 spiro atoms. The van der Waals surface area contributed by atoms with Gasteiger partial charge in [-0.15, -0.1) is 11.3 Å². The topological polar surface area (TPSA) is 79.9 Å². The van der Waals surface area contributed by atoms with Crippen molar-refractivity contribution in [2.24, 2.45) is 0 Å². The number of aromatic nitrogens is 3. The lowest BCUT2D eigenvalue weighted by atomic mass is 10.1. The van der Waals surface area contributed by atoms with Crippen LogP contribution in [-0.2, 0) is 6.54 Å². The fourth-order valence-corrected chi connectivity index (χ4v) is 3.93. The Balaban J connectivity index is 1.44. The second-order valence-corrected chi connectivity index (χ2v) is 7.56. The zero-order chi connectivity index (χ0) is 20.2. The normalized spacial score (nSPS) is 10.7. The molecule has 0 saturated carbocycles. The lowest BCUT2D eigenvalue weighted by Gasteiger charge is -2.02. The highest BCUT2D eigenvalue weighted by molar-refractivity contribution is 7.15. The first-order valence-corrected chi connectivity index (χ1v) is 9.95. The molecule has 2 heterocycles. The summed E-state index contributed by atoms with van der Waals surface area (Å²) in [4.78, 5) is 18.2. The van der Waals surface area contributed by atoms with Crippen molar-refractivity contribution >= 4 is 17.2 Å². The Morgan fingerprint density at radius 3 is 2.69 bits per heavy atom. The number of aryl methyl sites for hydroxylation is 1. The highest BCUT2D eigenvalue weighted by atomic mass is 32.1. The molecule has 0 saturated heterocycles. The fourth-order valence-electron chi connectivity index (χ4n) is 2.92. The van der Waals surface area contributed by atoms with E-state index in [0.717, 1.165) is 32.5 Å². The van der Waals surface area contributed by atoms with Gasteiger partial charge in [-0.25, -0.2) is 4.98 Å². The molecule has 0 aliphatic rings. The maximum atomic E-state index is 12.6. The van der Waals surface area contributed by atoms with Gasteiger partial charge in [-0.05, 0) is 25.1 Å². The van der Waals surface area contributed by atoms with Crippen LogP contribution in [0.25, 0.3) is 21.8 Å². The smallest absolute Gasteiger partial charge is 0.269 e. The number of rotatable bonds is 6. The molecule has 4 rings (SSSR count). The summed E-state index contributed by atoms with van der Waals surface area (Å²) < 4.78 is 5.24. The predicted octanol–water partition coefficient (Wildman–Crippen LogP) is 4.45. The van der Waals surface area contributed by atoms with Crippen molar-refractivity contribution in [2.75, 3.05) is 7.11 Å². The lowest BCUT2D eigenvalue weighted by molar-refractivity contribution is 0.0946. The van der Waals surface area contributed by atoms with Crippen LogP contribution in [0.1, 0.15) is 21.1 Å². The van der Waals surface area contributed by atoms with Crippen LogP contribution in [0, 0.1) is 6.92 Å². The number of ether oxygens (including phenoxy) is 1. The van der Waals surface area contributed by atoms with Gasteiger partial charge in [0.1, 0.15) is 16.5 Å². The SMILES string of the molecule is COc1cccc(-c2cc(C(=O)NCc3sc(-c4ccccc4)nc3C)[nH]n2)c1. The van der Waals surface area contributed by atoms with E-state index in [2.05, 4.69) is 20.5 Å². The second kappa shape index (κ2) is 8.28. The lowest BCUT2D eigenvalue weighted by Crippen LogP contribution is -2.23. The van der Waals surface area contributed by atoms with E-state index in [1.807, 2.05) is 61.5 Å². The second-order valence-electron chi connectivity index (χ2n) is 6.48. The Morgan fingerprint density at radius 1 is 1.10 bits per heavy atom. The monoisotopic (exact) mass is 404 g/mol. The van der Waals surface area contributed by atoms with Crippen LogP contribution in [0.4, 0.5) is 0 Å². The van der Waals surface area contributed by atoms with Gasteiger partial charge in [0.15, 0.2) is 0 Å². The van der Waals surface area contributed by atoms with Gasteiger partial charge in [0.2, 0.25) is 0 Å². The number of nitrogens with zero attached hydrogens (tertiary/aromatic N) is 2. The Kier molecular flexibility index (Phi) is 5.39. The molecule has 0 atom stereocenters. The van der Waals surface area contributed by atoms with Gasteiger partial charge in [-0.2, -0.15) is 5.10 Å². The molecule has 0 aliphatic carbocycles. The van der Waals surface area contributed by atoms with Crippen LogP contribution in [0.3, 0.4) is 0 Å². The number of aromatic amines is 1. The van der Waals surface area contributed by atoms with Gasteiger partial charge in [-0.1, -0.05) is 42.5 Å². The van der Waals surface area contributed by atoms with Crippen LogP contribution >= 0.6 is 11.3 Å². The van der Waals surface area contributed by atoms with Crippen LogP contribution in [0.15, 0.2) is 60.7 Å². The molecule has 2 N–H and O–H groups in total. The molecule has 0 radical (unpaired) electrons. The summed E-state index contributed by atoms with van der Waals surface area (Å²) in [5, 5.41) is 11.0. The van der Waals surface area contributed by atoms with Crippen molar-refractivity contribution in [1.82, 2.24) is 20.5 Å². The summed E-state index contributed by atoms with van der Waals surface area (Å²) in [5.74, 6) is 0.534. The van der Waals surface area contributed by atoms with Crippen molar-refractivity contribution in [1.29, 1.82) is 0 Å². The minimum absolute atomic E-state index is 0.208. The van der Waals surface area contributed by atoms with Gasteiger partial charge in [0, 0.05) is 16.0 Å². The quantitative estimate of drug-likeness (QED) is 0.498. The van der Waals surface area contributed by atoms with Crippen molar-refractivity contribution in [3.05, 3.63) is 76.9 Å². The molecular formula is C22H20N4O2S. The number of benzene rings is 2. The summed E-state index contributed by atoms with van der Waals surface area (Å²) in [6.45, 7) is 2.38. The molecule has 6 nitrogen and oxygen atoms in total. The number of carbonyl (C=O) groups is 1. The van der Waals surface area contributed by atoms with E-state index in [1.165, 1.54) is 0 Å². The molecule has 1 amide bonds. The van der Waals surface area contributed by atoms with Crippen LogP contribution in [0.5, 0.6) is 5.75 Å². The first-order chi connectivity index (χ1) is 14.1. The number of H-pyrrole nitrogens is 1. The molecule has 2 aromatic heterocycles. The third kappa shape index (κ3) is 4.20. The summed E-state index contributed by atoms with van der Waals surface area (Å²) in [7, 11) is 1.62. The number of carbonyl (C=O) groups excluding carboxylic acids is 1. The maximum absolute atomic E-state index is 12.6. The van der Waals surface area contributed by atoms with E-state index in [9.17, 15) is 4.79 Å². The van der Waals surface area contributed by atoms with E-state index in [0.29, 0.717) is 17.9 Å². The van der Waals surface area contributed by atoms with Crippen LogP contribution in [-0.4, -0.2) is 28.2 Å². The van der Waals surface area contributed by atoms with E-state index in [4.69, 9.17) is 4.74 Å². The van der Waals surface area contributed by atoms with Crippen LogP contribution < -0.4 is 10.1 Å². The maximum Gasteiger partial charge on any atom is 0.269 e. The number of hydrogen-bond acceptors (Lipinski definition) is 5. The molecule has 146 valence electrons. The molecule has 0 unspecified atom stereocenters. The van der Waals surface area contributed by atoms with Gasteiger partial charge in [0.25, 0.3) is 5.91 Å². The highest BCUT2D eigenvalue weighted by Gasteiger charge is 2.14. The average molecular weight is 404 g/mol. The summed E-state index contributed by atoms with van der Waals surface area (Å²) >= 11 is 1.59. The van der Waals surface area contributed by atoms with Gasteiger partial charge < -0.3 is 10.1 Å². The highest BCUT2D eigenvalue weighted by Crippen LogP contribution is 2.28. The third-order valence-electron chi connectivity index (χ3n) is 4.51. The summed E-state index contributed by atoms with van der Waals surface area (Å²) in [6, 6.07) is 19.3. The van der Waals surface area contributed by atoms with Gasteiger partial charge >= 0.3 is 0 Å². The average Bonchev–Trinajstić information content (AvgIpc) is 3.40. The number of amides is 1. The number of thiazole rings is 1. The van der Waals surface area contributed by atoms with Crippen molar-refractivity contribution < 1.29 is 9.53 Å². The Morgan fingerprint density at radius 2 is 1.90 bits per heavy atom. The largest absolute Gasteiger partial charge is 0.497 e. The molecule has 0 aliphatic heterocycles. The fraction of sp³-hybridized carbons (Fsp3) is 0.136. The van der Waals surface area contributed by atoms with Crippen molar-refractivity contribution in [3.63, 3.8) is 0 Å². The first kappa shape index (κ1) is 18.9. The van der Waals surface area contributed by atoms with E-state index >= 15 is 0 Å². The molecular weight excluding hydrogens is 384 g/mol. The first-order valence-electron chi connectivity index (χ1n) is 9.14. The van der Waals surface area contributed by atoms with Crippen molar-refractivity contribution in [3.8, 4) is 27.6 Å². The van der Waals surface area contributed by atoms with Gasteiger partial charge in [0.05, 0.1) is 25.0 Å². The van der Waals surface area contributed by atoms with E-state index in [1.54, 1.807) is 24.5 Å². The number of nitrogens with one attached hydrogen (secondary N) is 2. The Hall–Kier alpha value is -3.45. The van der Waals surface area contributed by atoms with Crippen molar-refractivity contribution in [2.45, 2.75) is 13.5 Å². The molecule has 7 heteroatoms. The molecule has 29 heavy (non-hydrogen) atoms. The molecule has 0 bridgehead atoms. The number of hydrogen-bond donors (Lipinski definition) is 2. The van der Waals surface area contributed by atoms with Gasteiger partial charge in [-0.3, -0.25) is 9.89 Å². The molecule has 4 aromatic rings. The van der Waals surface area contributed by atoms with Crippen LogP contribution in [0.2, 0.25) is 0 Å². The predicted molar refractivity (Wildman–Crippen MR) is 114 cm³/mol. The molecule has 2 aromatic carbocycles. The number of methoxy groups -OCH3 is 1.